The molecule has 4 aromatic carbocycles. The third-order valence-corrected chi connectivity index (χ3v) is 53.9. The van der Waals surface area contributed by atoms with Gasteiger partial charge in [0.1, 0.15) is 0 Å². The van der Waals surface area contributed by atoms with Crippen LogP contribution >= 0.6 is 17.0 Å². The molecule has 0 bridgehead atoms. The van der Waals surface area contributed by atoms with E-state index < -0.39 is 21.5 Å². The number of aryl methyl sites for hydroxylation is 2. The van der Waals surface area contributed by atoms with Gasteiger partial charge in [0, 0.05) is 0 Å². The van der Waals surface area contributed by atoms with Crippen molar-refractivity contribution in [3.8, 4) is 0 Å². The molecule has 2 aliphatic carbocycles. The summed E-state index contributed by atoms with van der Waals surface area (Å²) < 4.78 is -0.0268. The number of rotatable bonds is 5. The van der Waals surface area contributed by atoms with Gasteiger partial charge in [-0.2, -0.15) is 0 Å². The van der Waals surface area contributed by atoms with Crippen molar-refractivity contribution in [2.45, 2.75) is 101 Å². The van der Waals surface area contributed by atoms with Crippen molar-refractivity contribution < 1.29 is 15.6 Å². The van der Waals surface area contributed by atoms with Crippen LogP contribution in [0.2, 0.25) is 0 Å². The zero-order valence-corrected chi connectivity index (χ0v) is 36.2. The molecule has 2 aliphatic rings. The van der Waals surface area contributed by atoms with Crippen molar-refractivity contribution in [1.82, 2.24) is 0 Å². The molecule has 0 radical (unpaired) electrons. The molecular weight excluding hydrogens is 719 g/mol. The van der Waals surface area contributed by atoms with Crippen molar-refractivity contribution in [2.75, 3.05) is 0 Å². The van der Waals surface area contributed by atoms with E-state index in [0.717, 1.165) is 0 Å². The molecular formula is C44H53Cl2SiZr. The van der Waals surface area contributed by atoms with Crippen LogP contribution in [-0.4, -0.2) is 5.92 Å². The Morgan fingerprint density at radius 2 is 0.833 bits per heavy atom. The molecule has 4 aromatic rings. The average Bonchev–Trinajstić information content (AvgIpc) is 3.45. The summed E-state index contributed by atoms with van der Waals surface area (Å²) in [7, 11) is 18.5. The van der Waals surface area contributed by atoms with Gasteiger partial charge in [0.25, 0.3) is 0 Å². The van der Waals surface area contributed by atoms with Crippen LogP contribution in [0.5, 0.6) is 0 Å². The van der Waals surface area contributed by atoms with Gasteiger partial charge < -0.3 is 0 Å². The Bertz CT molecular complexity index is 1850. The monoisotopic (exact) mass is 769 g/mol. The van der Waals surface area contributed by atoms with E-state index in [2.05, 4.69) is 168 Å². The van der Waals surface area contributed by atoms with Crippen LogP contribution in [0.1, 0.15) is 121 Å². The molecule has 0 spiro atoms. The molecule has 0 aromatic heterocycles. The first kappa shape index (κ1) is 35.9. The summed E-state index contributed by atoms with van der Waals surface area (Å²) in [5.74, 6) is -2.34. The normalized spacial score (nSPS) is 19.1. The number of allylic oxidation sites excluding steroid dienone is 4. The summed E-state index contributed by atoms with van der Waals surface area (Å²) in [6, 6.07) is 31.8. The molecule has 0 saturated heterocycles. The van der Waals surface area contributed by atoms with E-state index in [1.807, 2.05) is 0 Å². The van der Waals surface area contributed by atoms with Crippen LogP contribution in [0.4, 0.5) is 0 Å². The molecule has 48 heavy (non-hydrogen) atoms. The second kappa shape index (κ2) is 12.1. The molecule has 0 heterocycles. The fraction of sp³-hybridized carbons (Fsp3) is 0.364. The van der Waals surface area contributed by atoms with Gasteiger partial charge in [0.2, 0.25) is 0 Å². The molecule has 0 N–H and O–H groups in total. The van der Waals surface area contributed by atoms with Crippen LogP contribution in [0.3, 0.4) is 0 Å². The summed E-state index contributed by atoms with van der Waals surface area (Å²) >= 11 is -5.42. The SMILES string of the molecule is CC1=C(C)[CH]([Zr]([Cl])([Cl])([CH]2C(C)=C(C)c3c(C(C)(C)C)ccc(C)c32)[SiH](c2ccccc2)c2ccccc2)c2c(C)ccc(C(C)(C)C)c21. The quantitative estimate of drug-likeness (QED) is 0.177. The van der Waals surface area contributed by atoms with Gasteiger partial charge in [-0.05, 0) is 0 Å². The number of benzene rings is 4. The number of fused-ring (bicyclic) bond motifs is 2. The van der Waals surface area contributed by atoms with Gasteiger partial charge in [-0.25, -0.2) is 0 Å². The van der Waals surface area contributed by atoms with Crippen molar-refractivity contribution in [2.24, 2.45) is 0 Å². The van der Waals surface area contributed by atoms with E-state index in [-0.39, 0.29) is 18.1 Å². The van der Waals surface area contributed by atoms with Crippen LogP contribution in [-0.2, 0) is 26.4 Å². The molecule has 251 valence electrons. The topological polar surface area (TPSA) is 0 Å². The average molecular weight is 772 g/mol. The molecule has 0 fully saturated rings. The van der Waals surface area contributed by atoms with Gasteiger partial charge in [-0.15, -0.1) is 0 Å². The van der Waals surface area contributed by atoms with E-state index >= 15 is 0 Å². The first-order valence-corrected chi connectivity index (χ1v) is 32.8. The summed E-state index contributed by atoms with van der Waals surface area (Å²) in [6.45, 7) is 28.1. The van der Waals surface area contributed by atoms with E-state index in [0.29, 0.717) is 0 Å². The van der Waals surface area contributed by atoms with Crippen LogP contribution in [0, 0.1) is 13.8 Å². The second-order valence-electron chi connectivity index (χ2n) is 16.9. The van der Waals surface area contributed by atoms with E-state index in [4.69, 9.17) is 0 Å². The maximum absolute atomic E-state index is 9.26. The van der Waals surface area contributed by atoms with Crippen molar-refractivity contribution in [3.05, 3.63) is 141 Å². The summed E-state index contributed by atoms with van der Waals surface area (Å²) in [4.78, 5) is 0. The summed E-state index contributed by atoms with van der Waals surface area (Å²) in [6.07, 6.45) is 0. The van der Waals surface area contributed by atoms with Crippen LogP contribution in [0.15, 0.2) is 96.1 Å². The molecule has 0 amide bonds. The molecule has 2 unspecified atom stereocenters. The van der Waals surface area contributed by atoms with Gasteiger partial charge in [-0.1, -0.05) is 0 Å². The first-order valence-electron chi connectivity index (χ1n) is 17.6. The fourth-order valence-electron chi connectivity index (χ4n) is 9.51. The zero-order chi connectivity index (χ0) is 35.2. The molecule has 4 heteroatoms. The minimum atomic E-state index is -5.42. The molecule has 0 saturated carbocycles. The Balaban J connectivity index is 1.84. The summed E-state index contributed by atoms with van der Waals surface area (Å²) in [5, 5.41) is 2.71. The molecule has 0 nitrogen and oxygen atoms in total. The first-order chi connectivity index (χ1) is 22.3. The Morgan fingerprint density at radius 3 is 1.15 bits per heavy atom. The molecule has 2 atom stereocenters. The fourth-order valence-corrected chi connectivity index (χ4v) is 61.0. The maximum atomic E-state index is 9.26. The second-order valence-corrected chi connectivity index (χ2v) is 55.0. The number of halogens is 2. The third-order valence-electron chi connectivity index (χ3n) is 11.8. The molecule has 6 rings (SSSR count). The predicted octanol–water partition coefficient (Wildman–Crippen LogP) is 11.8. The number of hydrogen-bond acceptors (Lipinski definition) is 0. The Labute approximate surface area is 299 Å². The molecule has 0 aliphatic heterocycles. The Kier molecular flexibility index (Phi) is 9.02. The third kappa shape index (κ3) is 5.30. The Morgan fingerprint density at radius 1 is 0.500 bits per heavy atom. The van der Waals surface area contributed by atoms with Crippen molar-refractivity contribution in [3.63, 3.8) is 0 Å². The predicted molar refractivity (Wildman–Crippen MR) is 213 cm³/mol. The van der Waals surface area contributed by atoms with E-state index in [1.165, 1.54) is 77.2 Å². The minimum absolute atomic E-state index is 0.0134. The van der Waals surface area contributed by atoms with Gasteiger partial charge >= 0.3 is 302 Å². The number of hydrogen-bond donors (Lipinski definition) is 0. The van der Waals surface area contributed by atoms with Crippen molar-refractivity contribution >= 4 is 44.5 Å². The van der Waals surface area contributed by atoms with Gasteiger partial charge in [0.05, 0.1) is 0 Å². The van der Waals surface area contributed by atoms with Crippen LogP contribution in [0.25, 0.3) is 11.1 Å². The van der Waals surface area contributed by atoms with Gasteiger partial charge in [-0.3, -0.25) is 0 Å². The van der Waals surface area contributed by atoms with Gasteiger partial charge in [0.15, 0.2) is 0 Å². The van der Waals surface area contributed by atoms with Crippen LogP contribution < -0.4 is 10.4 Å². The zero-order valence-electron chi connectivity index (χ0n) is 31.1. The van der Waals surface area contributed by atoms with E-state index in [1.54, 1.807) is 0 Å². The Hall–Kier alpha value is -1.96. The summed E-state index contributed by atoms with van der Waals surface area (Å²) in [5.41, 5.74) is 16.5. The standard InChI is InChI=1S/2C16H21.C12H11Si.2ClH.Zr/c2*1-10-7-8-14(16(4,5)6)15-12(3)11(2)9-13(10)15;1-3-7-11(8-4-1)13-12-9-5-2-6-10-12;;;/h2*7-9H,1-6H3;1-10,13H;2*1H;/q;;;;;+2/p-2. The van der Waals surface area contributed by atoms with Crippen molar-refractivity contribution in [1.29, 1.82) is 0 Å². The van der Waals surface area contributed by atoms with E-state index in [9.17, 15) is 17.0 Å².